The summed E-state index contributed by atoms with van der Waals surface area (Å²) < 4.78 is 21.8. The van der Waals surface area contributed by atoms with E-state index in [0.29, 0.717) is 0 Å². The lowest BCUT2D eigenvalue weighted by molar-refractivity contribution is -0.133. The number of hydrogen-bond acceptors (Lipinski definition) is 5. The predicted molar refractivity (Wildman–Crippen MR) is 61.6 cm³/mol. The van der Waals surface area contributed by atoms with E-state index in [-0.39, 0.29) is 30.7 Å². The van der Waals surface area contributed by atoms with E-state index < -0.39 is 15.9 Å². The molecule has 0 bridgehead atoms. The highest BCUT2D eigenvalue weighted by atomic mass is 32.2. The molecule has 0 spiro atoms. The largest absolute Gasteiger partial charge is 0.394 e. The molecule has 96 valence electrons. The molecule has 7 heteroatoms. The van der Waals surface area contributed by atoms with Gasteiger partial charge in [0.05, 0.1) is 24.4 Å². The van der Waals surface area contributed by atoms with Gasteiger partial charge in [0.2, 0.25) is 5.91 Å². The van der Waals surface area contributed by atoms with Crippen molar-refractivity contribution in [2.24, 2.45) is 5.73 Å². The highest BCUT2D eigenvalue weighted by Crippen LogP contribution is 2.02. The lowest BCUT2D eigenvalue weighted by Gasteiger charge is -2.26. The molecule has 0 aliphatic rings. The van der Waals surface area contributed by atoms with Crippen molar-refractivity contribution in [3.63, 3.8) is 0 Å². The maximum Gasteiger partial charge on any atom is 0.239 e. The molecule has 0 rings (SSSR count). The van der Waals surface area contributed by atoms with E-state index in [0.717, 1.165) is 6.26 Å². The van der Waals surface area contributed by atoms with E-state index in [2.05, 4.69) is 0 Å². The highest BCUT2D eigenvalue weighted by molar-refractivity contribution is 7.90. The third-order valence-electron chi connectivity index (χ3n) is 2.39. The van der Waals surface area contributed by atoms with Crippen LogP contribution < -0.4 is 5.73 Å². The van der Waals surface area contributed by atoms with E-state index in [1.807, 2.05) is 0 Å². The number of aliphatic hydroxyl groups is 1. The molecule has 0 aromatic rings. The summed E-state index contributed by atoms with van der Waals surface area (Å²) in [7, 11) is -1.57. The van der Waals surface area contributed by atoms with E-state index in [4.69, 9.17) is 10.8 Å². The fourth-order valence-corrected chi connectivity index (χ4v) is 1.75. The first-order valence-electron chi connectivity index (χ1n) is 5.00. The number of likely N-dealkylation sites (N-methyl/N-ethyl adjacent to an activating group) is 1. The van der Waals surface area contributed by atoms with Crippen molar-refractivity contribution in [3.05, 3.63) is 0 Å². The second-order valence-electron chi connectivity index (χ2n) is 4.01. The summed E-state index contributed by atoms with van der Waals surface area (Å²) in [5, 5.41) is 8.86. The Hall–Kier alpha value is -0.660. The minimum absolute atomic E-state index is 0.0974. The maximum atomic E-state index is 11.7. The highest BCUT2D eigenvalue weighted by Gasteiger charge is 2.22. The molecule has 1 amide bonds. The topological polar surface area (TPSA) is 101 Å². The van der Waals surface area contributed by atoms with Gasteiger partial charge in [-0.1, -0.05) is 0 Å². The van der Waals surface area contributed by atoms with Crippen molar-refractivity contribution in [2.45, 2.75) is 25.4 Å². The van der Waals surface area contributed by atoms with Crippen LogP contribution in [0.25, 0.3) is 0 Å². The van der Waals surface area contributed by atoms with Gasteiger partial charge in [-0.05, 0) is 13.3 Å². The number of hydrogen-bond donors (Lipinski definition) is 2. The molecule has 2 unspecified atom stereocenters. The van der Waals surface area contributed by atoms with Crippen LogP contribution in [0.2, 0.25) is 0 Å². The average Bonchev–Trinajstić information content (AvgIpc) is 2.21. The van der Waals surface area contributed by atoms with E-state index >= 15 is 0 Å². The normalized spacial score (nSPS) is 15.6. The first-order chi connectivity index (χ1) is 7.19. The van der Waals surface area contributed by atoms with Crippen molar-refractivity contribution >= 4 is 15.7 Å². The molecule has 0 saturated heterocycles. The molecule has 0 aliphatic heterocycles. The molecule has 0 saturated carbocycles. The van der Waals surface area contributed by atoms with Crippen LogP contribution in [0.3, 0.4) is 0 Å². The minimum atomic E-state index is -3.10. The van der Waals surface area contributed by atoms with Crippen LogP contribution in [0.1, 0.15) is 13.3 Å². The zero-order valence-electron chi connectivity index (χ0n) is 9.88. The SMILES string of the molecule is CC(CO)N(C)C(=O)C(N)CCS(C)(=O)=O. The van der Waals surface area contributed by atoms with Crippen LogP contribution >= 0.6 is 0 Å². The number of rotatable bonds is 6. The van der Waals surface area contributed by atoms with E-state index in [9.17, 15) is 13.2 Å². The van der Waals surface area contributed by atoms with Gasteiger partial charge in [-0.15, -0.1) is 0 Å². The van der Waals surface area contributed by atoms with Crippen molar-refractivity contribution in [1.82, 2.24) is 4.90 Å². The zero-order valence-corrected chi connectivity index (χ0v) is 10.7. The van der Waals surface area contributed by atoms with Crippen LogP contribution in [0.5, 0.6) is 0 Å². The Morgan fingerprint density at radius 2 is 2.00 bits per heavy atom. The second kappa shape index (κ2) is 6.17. The molecule has 0 aromatic carbocycles. The lowest BCUT2D eigenvalue weighted by Crippen LogP contribution is -2.47. The number of carbonyl (C=O) groups excluding carboxylic acids is 1. The molecule has 0 aliphatic carbocycles. The molecule has 2 atom stereocenters. The van der Waals surface area contributed by atoms with Gasteiger partial charge >= 0.3 is 0 Å². The Labute approximate surface area is 96.3 Å². The number of amides is 1. The van der Waals surface area contributed by atoms with Crippen LogP contribution in [-0.2, 0) is 14.6 Å². The molecule has 6 nitrogen and oxygen atoms in total. The maximum absolute atomic E-state index is 11.7. The summed E-state index contributed by atoms with van der Waals surface area (Å²) in [6, 6.07) is -1.16. The van der Waals surface area contributed by atoms with Gasteiger partial charge < -0.3 is 15.7 Å². The van der Waals surface area contributed by atoms with Crippen molar-refractivity contribution in [2.75, 3.05) is 25.7 Å². The first-order valence-corrected chi connectivity index (χ1v) is 7.06. The van der Waals surface area contributed by atoms with Gasteiger partial charge in [-0.2, -0.15) is 0 Å². The van der Waals surface area contributed by atoms with Gasteiger partial charge in [-0.3, -0.25) is 4.79 Å². The van der Waals surface area contributed by atoms with Gasteiger partial charge in [0.1, 0.15) is 9.84 Å². The summed E-state index contributed by atoms with van der Waals surface area (Å²) in [5.74, 6) is -0.466. The Morgan fingerprint density at radius 1 is 1.50 bits per heavy atom. The molecular formula is C9H20N2O4S. The summed E-state index contributed by atoms with van der Waals surface area (Å²) in [6.45, 7) is 1.53. The quantitative estimate of drug-likeness (QED) is 0.604. The van der Waals surface area contributed by atoms with Crippen molar-refractivity contribution < 1.29 is 18.3 Å². The summed E-state index contributed by atoms with van der Waals surface area (Å²) >= 11 is 0. The smallest absolute Gasteiger partial charge is 0.239 e. The zero-order chi connectivity index (χ0) is 12.9. The second-order valence-corrected chi connectivity index (χ2v) is 6.27. The Morgan fingerprint density at radius 3 is 2.38 bits per heavy atom. The Bertz CT molecular complexity index is 328. The van der Waals surface area contributed by atoms with Crippen LogP contribution in [0, 0.1) is 0 Å². The van der Waals surface area contributed by atoms with Crippen LogP contribution in [0.15, 0.2) is 0 Å². The van der Waals surface area contributed by atoms with Crippen LogP contribution in [-0.4, -0.2) is 62.1 Å². The van der Waals surface area contributed by atoms with Gasteiger partial charge in [0.25, 0.3) is 0 Å². The van der Waals surface area contributed by atoms with Crippen molar-refractivity contribution in [3.8, 4) is 0 Å². The Balaban J connectivity index is 4.29. The predicted octanol–water partition coefficient (Wildman–Crippen LogP) is -1.41. The molecule has 0 aromatic heterocycles. The van der Waals surface area contributed by atoms with Crippen molar-refractivity contribution in [1.29, 1.82) is 0 Å². The molecule has 16 heavy (non-hydrogen) atoms. The standard InChI is InChI=1S/C9H20N2O4S/c1-7(6-12)11(2)9(13)8(10)4-5-16(3,14)15/h7-8,12H,4-6,10H2,1-3H3. The van der Waals surface area contributed by atoms with Crippen LogP contribution in [0.4, 0.5) is 0 Å². The minimum Gasteiger partial charge on any atom is -0.394 e. The lowest BCUT2D eigenvalue weighted by atomic mass is 10.2. The summed E-state index contributed by atoms with van der Waals surface area (Å²) in [6.07, 6.45) is 1.20. The molecule has 0 heterocycles. The van der Waals surface area contributed by atoms with Gasteiger partial charge in [0, 0.05) is 13.3 Å². The number of nitrogens with two attached hydrogens (primary N) is 1. The van der Waals surface area contributed by atoms with Gasteiger partial charge in [0.15, 0.2) is 0 Å². The van der Waals surface area contributed by atoms with E-state index in [1.54, 1.807) is 6.92 Å². The first kappa shape index (κ1) is 15.3. The molecule has 3 N–H and O–H groups in total. The number of aliphatic hydroxyl groups excluding tert-OH is 1. The average molecular weight is 252 g/mol. The van der Waals surface area contributed by atoms with Gasteiger partial charge in [-0.25, -0.2) is 8.42 Å². The fourth-order valence-electron chi connectivity index (χ4n) is 1.07. The summed E-state index contributed by atoms with van der Waals surface area (Å²) in [5.41, 5.74) is 5.58. The number of sulfone groups is 1. The molecule has 0 radical (unpaired) electrons. The fraction of sp³-hybridized carbons (Fsp3) is 0.889. The molecular weight excluding hydrogens is 232 g/mol. The monoisotopic (exact) mass is 252 g/mol. The third-order valence-corrected chi connectivity index (χ3v) is 3.37. The Kier molecular flexibility index (Phi) is 5.91. The van der Waals surface area contributed by atoms with E-state index in [1.165, 1.54) is 11.9 Å². The third kappa shape index (κ3) is 5.43. The number of carbonyl (C=O) groups is 1. The number of nitrogens with zero attached hydrogens (tertiary/aromatic N) is 1. The molecule has 0 fully saturated rings. The summed E-state index contributed by atoms with van der Waals surface area (Å²) in [4.78, 5) is 13.0.